The SMILES string of the molecule is CCCOc1cncc(C(N)C2CN3CCCC3CO2)c1. The van der Waals surface area contributed by atoms with Gasteiger partial charge in [-0.05, 0) is 37.4 Å². The van der Waals surface area contributed by atoms with Crippen LogP contribution >= 0.6 is 0 Å². The van der Waals surface area contributed by atoms with Crippen LogP contribution in [0.25, 0.3) is 0 Å². The molecule has 5 nitrogen and oxygen atoms in total. The van der Waals surface area contributed by atoms with E-state index in [1.807, 2.05) is 12.3 Å². The summed E-state index contributed by atoms with van der Waals surface area (Å²) in [6, 6.07) is 2.45. The Kier molecular flexibility index (Phi) is 4.73. The van der Waals surface area contributed by atoms with Gasteiger partial charge in [0.15, 0.2) is 0 Å². The molecule has 0 bridgehead atoms. The fourth-order valence-electron chi connectivity index (χ4n) is 3.19. The van der Waals surface area contributed by atoms with Gasteiger partial charge in [-0.3, -0.25) is 9.88 Å². The molecule has 116 valence electrons. The first kappa shape index (κ1) is 14.8. The number of nitrogens with two attached hydrogens (primary N) is 1. The molecule has 3 rings (SSSR count). The first-order valence-electron chi connectivity index (χ1n) is 7.97. The van der Waals surface area contributed by atoms with Gasteiger partial charge in [0.2, 0.25) is 0 Å². The van der Waals surface area contributed by atoms with Crippen LogP contribution in [0.15, 0.2) is 18.5 Å². The molecule has 0 spiro atoms. The molecule has 5 heteroatoms. The summed E-state index contributed by atoms with van der Waals surface area (Å²) in [5.74, 6) is 0.791. The third-order valence-corrected chi connectivity index (χ3v) is 4.41. The van der Waals surface area contributed by atoms with Crippen LogP contribution in [0, 0.1) is 0 Å². The summed E-state index contributed by atoms with van der Waals surface area (Å²) in [6.45, 7) is 5.69. The monoisotopic (exact) mass is 291 g/mol. The van der Waals surface area contributed by atoms with Crippen LogP contribution < -0.4 is 10.5 Å². The molecular weight excluding hydrogens is 266 g/mol. The second-order valence-corrected chi connectivity index (χ2v) is 5.99. The van der Waals surface area contributed by atoms with Gasteiger partial charge >= 0.3 is 0 Å². The average molecular weight is 291 g/mol. The molecule has 0 amide bonds. The molecule has 1 aromatic rings. The van der Waals surface area contributed by atoms with Gasteiger partial charge in [0.25, 0.3) is 0 Å². The number of rotatable bonds is 5. The van der Waals surface area contributed by atoms with Gasteiger partial charge in [0, 0.05) is 18.8 Å². The lowest BCUT2D eigenvalue weighted by atomic mass is 10.0. The maximum atomic E-state index is 6.40. The lowest BCUT2D eigenvalue weighted by Gasteiger charge is -2.37. The van der Waals surface area contributed by atoms with E-state index in [-0.39, 0.29) is 12.1 Å². The smallest absolute Gasteiger partial charge is 0.137 e. The summed E-state index contributed by atoms with van der Waals surface area (Å²) in [7, 11) is 0. The van der Waals surface area contributed by atoms with E-state index < -0.39 is 0 Å². The minimum Gasteiger partial charge on any atom is -0.492 e. The molecule has 3 heterocycles. The largest absolute Gasteiger partial charge is 0.492 e. The highest BCUT2D eigenvalue weighted by molar-refractivity contribution is 5.26. The Morgan fingerprint density at radius 2 is 2.43 bits per heavy atom. The number of aromatic nitrogens is 1. The second-order valence-electron chi connectivity index (χ2n) is 5.99. The number of hydrogen-bond acceptors (Lipinski definition) is 5. The molecule has 21 heavy (non-hydrogen) atoms. The van der Waals surface area contributed by atoms with Gasteiger partial charge in [0.1, 0.15) is 5.75 Å². The number of hydrogen-bond donors (Lipinski definition) is 1. The van der Waals surface area contributed by atoms with E-state index in [2.05, 4.69) is 16.8 Å². The summed E-state index contributed by atoms with van der Waals surface area (Å²) in [6.07, 6.45) is 7.12. The van der Waals surface area contributed by atoms with Crippen molar-refractivity contribution in [2.75, 3.05) is 26.3 Å². The van der Waals surface area contributed by atoms with Crippen molar-refractivity contribution in [1.29, 1.82) is 0 Å². The summed E-state index contributed by atoms with van der Waals surface area (Å²) >= 11 is 0. The molecule has 3 unspecified atom stereocenters. The van der Waals surface area contributed by atoms with Gasteiger partial charge in [-0.2, -0.15) is 0 Å². The van der Waals surface area contributed by atoms with Gasteiger partial charge in [-0.15, -0.1) is 0 Å². The highest BCUT2D eigenvalue weighted by Gasteiger charge is 2.35. The van der Waals surface area contributed by atoms with Crippen LogP contribution in [-0.4, -0.2) is 48.3 Å². The molecule has 2 aliphatic heterocycles. The van der Waals surface area contributed by atoms with Gasteiger partial charge in [-0.25, -0.2) is 0 Å². The van der Waals surface area contributed by atoms with Crippen LogP contribution in [-0.2, 0) is 4.74 Å². The highest BCUT2D eigenvalue weighted by Crippen LogP contribution is 2.28. The zero-order valence-electron chi connectivity index (χ0n) is 12.7. The minimum atomic E-state index is -0.149. The molecule has 2 N–H and O–H groups in total. The minimum absolute atomic E-state index is 0.0441. The summed E-state index contributed by atoms with van der Waals surface area (Å²) in [5.41, 5.74) is 7.39. The Morgan fingerprint density at radius 1 is 1.52 bits per heavy atom. The molecule has 0 aliphatic carbocycles. The standard InChI is InChI=1S/C16H25N3O2/c1-2-6-20-14-7-12(8-18-9-14)16(17)15-10-19-5-3-4-13(19)11-21-15/h7-9,13,15-16H,2-6,10-11,17H2,1H3. The zero-order valence-corrected chi connectivity index (χ0v) is 12.7. The Balaban J connectivity index is 1.65. The third-order valence-electron chi connectivity index (χ3n) is 4.41. The Hall–Kier alpha value is -1.17. The van der Waals surface area contributed by atoms with E-state index in [1.165, 1.54) is 19.4 Å². The topological polar surface area (TPSA) is 60.6 Å². The van der Waals surface area contributed by atoms with Crippen molar-refractivity contribution in [2.24, 2.45) is 5.73 Å². The van der Waals surface area contributed by atoms with Crippen molar-refractivity contribution in [3.8, 4) is 5.75 Å². The Morgan fingerprint density at radius 3 is 3.29 bits per heavy atom. The highest BCUT2D eigenvalue weighted by atomic mass is 16.5. The number of nitrogens with zero attached hydrogens (tertiary/aromatic N) is 2. The molecule has 2 fully saturated rings. The van der Waals surface area contributed by atoms with E-state index in [4.69, 9.17) is 15.2 Å². The van der Waals surface area contributed by atoms with E-state index in [1.54, 1.807) is 6.20 Å². The lowest BCUT2D eigenvalue weighted by Crippen LogP contribution is -2.49. The van der Waals surface area contributed by atoms with Crippen LogP contribution in [0.4, 0.5) is 0 Å². The van der Waals surface area contributed by atoms with Gasteiger partial charge in [-0.1, -0.05) is 6.92 Å². The van der Waals surface area contributed by atoms with Crippen LogP contribution in [0.2, 0.25) is 0 Å². The maximum Gasteiger partial charge on any atom is 0.137 e. The maximum absolute atomic E-state index is 6.40. The van der Waals surface area contributed by atoms with Crippen LogP contribution in [0.1, 0.15) is 37.8 Å². The predicted octanol–water partition coefficient (Wildman–Crippen LogP) is 1.73. The van der Waals surface area contributed by atoms with Gasteiger partial charge < -0.3 is 15.2 Å². The van der Waals surface area contributed by atoms with E-state index in [0.29, 0.717) is 12.6 Å². The van der Waals surface area contributed by atoms with Gasteiger partial charge in [0.05, 0.1) is 31.6 Å². The first-order chi connectivity index (χ1) is 10.3. The molecule has 0 radical (unpaired) electrons. The van der Waals surface area contributed by atoms with Crippen molar-refractivity contribution >= 4 is 0 Å². The summed E-state index contributed by atoms with van der Waals surface area (Å²) in [5, 5.41) is 0. The average Bonchev–Trinajstić information content (AvgIpc) is 3.00. The Labute approximate surface area is 126 Å². The number of morpholine rings is 1. The third kappa shape index (κ3) is 3.36. The van der Waals surface area contributed by atoms with Crippen molar-refractivity contribution in [3.05, 3.63) is 24.0 Å². The van der Waals surface area contributed by atoms with Crippen LogP contribution in [0.5, 0.6) is 5.75 Å². The van der Waals surface area contributed by atoms with E-state index in [9.17, 15) is 0 Å². The molecule has 2 saturated heterocycles. The molecular formula is C16H25N3O2. The van der Waals surface area contributed by atoms with Crippen molar-refractivity contribution < 1.29 is 9.47 Å². The van der Waals surface area contributed by atoms with E-state index in [0.717, 1.165) is 30.9 Å². The predicted molar refractivity (Wildman–Crippen MR) is 81.3 cm³/mol. The molecule has 0 saturated carbocycles. The molecule has 1 aromatic heterocycles. The van der Waals surface area contributed by atoms with Crippen molar-refractivity contribution in [3.63, 3.8) is 0 Å². The Bertz CT molecular complexity index is 469. The number of pyridine rings is 1. The normalized spacial score (nSPS) is 27.3. The summed E-state index contributed by atoms with van der Waals surface area (Å²) in [4.78, 5) is 6.76. The lowest BCUT2D eigenvalue weighted by molar-refractivity contribution is -0.0597. The molecule has 3 atom stereocenters. The fourth-order valence-corrected chi connectivity index (χ4v) is 3.19. The number of fused-ring (bicyclic) bond motifs is 1. The van der Waals surface area contributed by atoms with Crippen molar-refractivity contribution in [1.82, 2.24) is 9.88 Å². The van der Waals surface area contributed by atoms with Crippen LogP contribution in [0.3, 0.4) is 0 Å². The number of ether oxygens (including phenoxy) is 2. The van der Waals surface area contributed by atoms with E-state index >= 15 is 0 Å². The quantitative estimate of drug-likeness (QED) is 0.895. The zero-order chi connectivity index (χ0) is 14.7. The second kappa shape index (κ2) is 6.73. The summed E-state index contributed by atoms with van der Waals surface area (Å²) < 4.78 is 11.6. The molecule has 0 aromatic carbocycles. The van der Waals surface area contributed by atoms with Crippen molar-refractivity contribution in [2.45, 2.75) is 44.4 Å². The first-order valence-corrected chi connectivity index (χ1v) is 7.97. The fraction of sp³-hybridized carbons (Fsp3) is 0.688. The molecule has 2 aliphatic rings.